The summed E-state index contributed by atoms with van der Waals surface area (Å²) in [4.78, 5) is 14.4. The molecule has 2 aromatic carbocycles. The maximum absolute atomic E-state index is 12.7. The Morgan fingerprint density at radius 2 is 1.78 bits per heavy atom. The molecule has 7 heteroatoms. The van der Waals surface area contributed by atoms with E-state index in [1.54, 1.807) is 17.0 Å². The number of aryl methyl sites for hydroxylation is 1. The molecule has 0 aromatic heterocycles. The minimum atomic E-state index is -3.58. The van der Waals surface area contributed by atoms with Crippen LogP contribution in [0.2, 0.25) is 0 Å². The van der Waals surface area contributed by atoms with Crippen molar-refractivity contribution in [3.8, 4) is 5.75 Å². The molecule has 146 valence electrons. The van der Waals surface area contributed by atoms with E-state index in [1.807, 2.05) is 50.2 Å². The third kappa shape index (κ3) is 5.23. The molecule has 0 aliphatic heterocycles. The fourth-order valence-electron chi connectivity index (χ4n) is 2.90. The van der Waals surface area contributed by atoms with Gasteiger partial charge in [-0.05, 0) is 43.7 Å². The van der Waals surface area contributed by atoms with Gasteiger partial charge < -0.3 is 9.64 Å². The normalized spacial score (nSPS) is 11.1. The molecule has 0 aliphatic rings. The van der Waals surface area contributed by atoms with Crippen LogP contribution < -0.4 is 13.9 Å². The van der Waals surface area contributed by atoms with Gasteiger partial charge in [-0.15, -0.1) is 0 Å². The van der Waals surface area contributed by atoms with Crippen LogP contribution in [-0.2, 0) is 14.8 Å². The van der Waals surface area contributed by atoms with Gasteiger partial charge in [0.15, 0.2) is 0 Å². The van der Waals surface area contributed by atoms with Gasteiger partial charge in [-0.3, -0.25) is 9.10 Å². The van der Waals surface area contributed by atoms with Crippen molar-refractivity contribution in [3.63, 3.8) is 0 Å². The zero-order valence-electron chi connectivity index (χ0n) is 16.2. The van der Waals surface area contributed by atoms with Crippen molar-refractivity contribution in [1.29, 1.82) is 0 Å². The standard InChI is InChI=1S/C20H26N2O4S/c1-5-21(17-9-7-6-8-10-17)20(23)13-14-22(27(4,24)25)18-15-16(2)11-12-19(18)26-3/h6-12,15H,5,13-14H2,1-4H3. The van der Waals surface area contributed by atoms with Crippen LogP contribution in [-0.4, -0.2) is 40.8 Å². The molecule has 0 saturated heterocycles. The summed E-state index contributed by atoms with van der Waals surface area (Å²) in [6, 6.07) is 14.7. The van der Waals surface area contributed by atoms with Crippen LogP contribution >= 0.6 is 0 Å². The van der Waals surface area contributed by atoms with Crippen molar-refractivity contribution in [3.05, 3.63) is 54.1 Å². The molecule has 2 rings (SSSR count). The van der Waals surface area contributed by atoms with Crippen LogP contribution in [0, 0.1) is 6.92 Å². The molecule has 0 heterocycles. The second kappa shape index (κ2) is 8.90. The second-order valence-corrected chi connectivity index (χ2v) is 8.14. The average Bonchev–Trinajstić information content (AvgIpc) is 2.62. The zero-order chi connectivity index (χ0) is 20.0. The highest BCUT2D eigenvalue weighted by molar-refractivity contribution is 7.92. The summed E-state index contributed by atoms with van der Waals surface area (Å²) in [5.74, 6) is 0.317. The van der Waals surface area contributed by atoms with Crippen LogP contribution in [0.5, 0.6) is 5.75 Å². The van der Waals surface area contributed by atoms with Crippen LogP contribution in [0.1, 0.15) is 18.9 Å². The number of methoxy groups -OCH3 is 1. The third-order valence-electron chi connectivity index (χ3n) is 4.22. The lowest BCUT2D eigenvalue weighted by Crippen LogP contribution is -2.37. The van der Waals surface area contributed by atoms with Crippen LogP contribution in [0.15, 0.2) is 48.5 Å². The number of rotatable bonds is 8. The second-order valence-electron chi connectivity index (χ2n) is 6.23. The summed E-state index contributed by atoms with van der Waals surface area (Å²) in [6.07, 6.45) is 1.20. The molecule has 0 radical (unpaired) electrons. The molecule has 0 bridgehead atoms. The number of hydrogen-bond acceptors (Lipinski definition) is 4. The third-order valence-corrected chi connectivity index (χ3v) is 5.40. The fourth-order valence-corrected chi connectivity index (χ4v) is 3.83. The molecule has 0 saturated carbocycles. The number of ether oxygens (including phenoxy) is 1. The van der Waals surface area contributed by atoms with Crippen LogP contribution in [0.25, 0.3) is 0 Å². The summed E-state index contributed by atoms with van der Waals surface area (Å²) < 4.78 is 31.3. The van der Waals surface area contributed by atoms with Gasteiger partial charge in [-0.25, -0.2) is 8.42 Å². The van der Waals surface area contributed by atoms with Crippen molar-refractivity contribution in [1.82, 2.24) is 0 Å². The molecule has 6 nitrogen and oxygen atoms in total. The minimum absolute atomic E-state index is 0.0425. The van der Waals surface area contributed by atoms with Gasteiger partial charge >= 0.3 is 0 Å². The van der Waals surface area contributed by atoms with Gasteiger partial charge in [-0.1, -0.05) is 24.3 Å². The molecule has 0 spiro atoms. The topological polar surface area (TPSA) is 66.9 Å². The smallest absolute Gasteiger partial charge is 0.232 e. The van der Waals surface area contributed by atoms with E-state index in [4.69, 9.17) is 4.74 Å². The lowest BCUT2D eigenvalue weighted by molar-refractivity contribution is -0.118. The van der Waals surface area contributed by atoms with E-state index in [0.29, 0.717) is 18.0 Å². The van der Waals surface area contributed by atoms with Crippen LogP contribution in [0.3, 0.4) is 0 Å². The molecular formula is C20H26N2O4S. The van der Waals surface area contributed by atoms with E-state index in [1.165, 1.54) is 11.4 Å². The number of carbonyl (C=O) groups is 1. The van der Waals surface area contributed by atoms with Crippen molar-refractivity contribution in [2.75, 3.05) is 35.7 Å². The molecule has 0 fully saturated rings. The molecular weight excluding hydrogens is 364 g/mol. The van der Waals surface area contributed by atoms with E-state index < -0.39 is 10.0 Å². The Labute approximate surface area is 161 Å². The van der Waals surface area contributed by atoms with E-state index in [9.17, 15) is 13.2 Å². The van der Waals surface area contributed by atoms with Gasteiger partial charge in [0.05, 0.1) is 19.1 Å². The van der Waals surface area contributed by atoms with Crippen molar-refractivity contribution >= 4 is 27.3 Å². The Hall–Kier alpha value is -2.54. The van der Waals surface area contributed by atoms with E-state index in [2.05, 4.69) is 0 Å². The molecule has 0 unspecified atom stereocenters. The van der Waals surface area contributed by atoms with Crippen molar-refractivity contribution in [2.45, 2.75) is 20.3 Å². The summed E-state index contributed by atoms with van der Waals surface area (Å²) in [6.45, 7) is 4.32. The number of carbonyl (C=O) groups excluding carboxylic acids is 1. The number of amides is 1. The monoisotopic (exact) mass is 390 g/mol. The van der Waals surface area contributed by atoms with Gasteiger partial charge in [0.1, 0.15) is 5.75 Å². The highest BCUT2D eigenvalue weighted by Gasteiger charge is 2.23. The summed E-state index contributed by atoms with van der Waals surface area (Å²) in [5.41, 5.74) is 2.14. The van der Waals surface area contributed by atoms with Crippen LogP contribution in [0.4, 0.5) is 11.4 Å². The number of para-hydroxylation sites is 1. The van der Waals surface area contributed by atoms with Crippen molar-refractivity contribution < 1.29 is 17.9 Å². The van der Waals surface area contributed by atoms with E-state index >= 15 is 0 Å². The SMILES string of the molecule is CCN(C(=O)CCN(c1cc(C)ccc1OC)S(C)(=O)=O)c1ccccc1. The Kier molecular flexibility index (Phi) is 6.85. The average molecular weight is 391 g/mol. The Bertz CT molecular complexity index is 882. The van der Waals surface area contributed by atoms with Gasteiger partial charge in [0.2, 0.25) is 15.9 Å². The maximum Gasteiger partial charge on any atom is 0.232 e. The number of anilines is 2. The predicted molar refractivity (Wildman–Crippen MR) is 109 cm³/mol. The van der Waals surface area contributed by atoms with Gasteiger partial charge in [0.25, 0.3) is 0 Å². The number of nitrogens with zero attached hydrogens (tertiary/aromatic N) is 2. The summed E-state index contributed by atoms with van der Waals surface area (Å²) in [7, 11) is -2.08. The lowest BCUT2D eigenvalue weighted by atomic mass is 10.2. The molecule has 27 heavy (non-hydrogen) atoms. The highest BCUT2D eigenvalue weighted by atomic mass is 32.2. The predicted octanol–water partition coefficient (Wildman–Crippen LogP) is 3.21. The first-order chi connectivity index (χ1) is 12.8. The van der Waals surface area contributed by atoms with Gasteiger partial charge in [-0.2, -0.15) is 0 Å². The maximum atomic E-state index is 12.7. The first-order valence-electron chi connectivity index (χ1n) is 8.75. The zero-order valence-corrected chi connectivity index (χ0v) is 17.0. The molecule has 0 atom stereocenters. The minimum Gasteiger partial charge on any atom is -0.495 e. The number of hydrogen-bond donors (Lipinski definition) is 0. The van der Waals surface area contributed by atoms with E-state index in [-0.39, 0.29) is 18.9 Å². The number of benzene rings is 2. The molecule has 0 N–H and O–H groups in total. The van der Waals surface area contributed by atoms with Crippen molar-refractivity contribution in [2.24, 2.45) is 0 Å². The molecule has 2 aromatic rings. The van der Waals surface area contributed by atoms with E-state index in [0.717, 1.165) is 17.5 Å². The fraction of sp³-hybridized carbons (Fsp3) is 0.350. The Morgan fingerprint density at radius 3 is 2.33 bits per heavy atom. The van der Waals surface area contributed by atoms with Gasteiger partial charge in [0, 0.05) is 25.2 Å². The summed E-state index contributed by atoms with van der Waals surface area (Å²) >= 11 is 0. The first kappa shape index (κ1) is 20.8. The largest absolute Gasteiger partial charge is 0.495 e. The Balaban J connectivity index is 2.26. The highest BCUT2D eigenvalue weighted by Crippen LogP contribution is 2.31. The molecule has 0 aliphatic carbocycles. The molecule has 1 amide bonds. The number of sulfonamides is 1. The quantitative estimate of drug-likeness (QED) is 0.694. The first-order valence-corrected chi connectivity index (χ1v) is 10.6. The Morgan fingerprint density at radius 1 is 1.11 bits per heavy atom. The lowest BCUT2D eigenvalue weighted by Gasteiger charge is -2.26. The summed E-state index contributed by atoms with van der Waals surface area (Å²) in [5, 5.41) is 0.